The van der Waals surface area contributed by atoms with E-state index in [1.54, 1.807) is 0 Å². The van der Waals surface area contributed by atoms with Crippen molar-refractivity contribution in [3.05, 3.63) is 258 Å². The molecule has 0 N–H and O–H groups in total. The second-order valence-electron chi connectivity index (χ2n) is 17.2. The van der Waals surface area contributed by atoms with Gasteiger partial charge in [-0.3, -0.25) is 0 Å². The average molecular weight is 778 g/mol. The molecule has 0 unspecified atom stereocenters. The Balaban J connectivity index is 1.11. The molecule has 10 aromatic carbocycles. The maximum absolute atomic E-state index is 2.51. The zero-order valence-electron chi connectivity index (χ0n) is 34.3. The quantitative estimate of drug-likeness (QED) is 0.157. The fraction of sp³-hybridized carbons (Fsp3) is 0.0667. The van der Waals surface area contributed by atoms with Crippen LogP contribution < -0.4 is 4.90 Å². The number of anilines is 3. The molecule has 0 aliphatic heterocycles. The Morgan fingerprint density at radius 3 is 1.25 bits per heavy atom. The van der Waals surface area contributed by atoms with E-state index in [-0.39, 0.29) is 5.41 Å². The minimum Gasteiger partial charge on any atom is -0.311 e. The highest BCUT2D eigenvalue weighted by Gasteiger charge is 2.53. The normalized spacial score (nSPS) is 14.0. The molecule has 0 saturated carbocycles. The maximum Gasteiger partial charge on any atom is 0.0719 e. The Labute approximate surface area is 357 Å². The Hall–Kier alpha value is -7.48. The van der Waals surface area contributed by atoms with Crippen LogP contribution in [0.5, 0.6) is 0 Å². The lowest BCUT2D eigenvalue weighted by Gasteiger charge is -2.46. The van der Waals surface area contributed by atoms with Gasteiger partial charge in [-0.15, -0.1) is 0 Å². The Kier molecular flexibility index (Phi) is 7.86. The number of benzene rings is 10. The van der Waals surface area contributed by atoms with Crippen molar-refractivity contribution in [1.82, 2.24) is 0 Å². The number of hydrogen-bond donors (Lipinski definition) is 0. The topological polar surface area (TPSA) is 3.24 Å². The van der Waals surface area contributed by atoms with Crippen LogP contribution in [0.25, 0.3) is 54.9 Å². The van der Waals surface area contributed by atoms with Crippen LogP contribution in [0.1, 0.15) is 47.2 Å². The summed E-state index contributed by atoms with van der Waals surface area (Å²) in [5.74, 6) is 0. The summed E-state index contributed by atoms with van der Waals surface area (Å²) in [5, 5.41) is 5.04. The first kappa shape index (κ1) is 35.5. The minimum absolute atomic E-state index is 0.135. The lowest BCUT2D eigenvalue weighted by Crippen LogP contribution is -2.40. The summed E-state index contributed by atoms with van der Waals surface area (Å²) in [7, 11) is 0. The largest absolute Gasteiger partial charge is 0.311 e. The molecule has 1 nitrogen and oxygen atoms in total. The molecule has 1 heteroatoms. The van der Waals surface area contributed by atoms with Crippen molar-refractivity contribution in [2.75, 3.05) is 4.90 Å². The van der Waals surface area contributed by atoms with Crippen molar-refractivity contribution >= 4 is 38.6 Å². The van der Waals surface area contributed by atoms with Crippen LogP contribution in [0, 0.1) is 0 Å². The van der Waals surface area contributed by atoms with E-state index in [9.17, 15) is 0 Å². The SMILES string of the molecule is CC1(C)c2ccccc2C2(c3ccccc3-c3cc(-c4c(-c5ccc(N(c6ccccc6)c6ccccc6)cc5)c5ccccc5c5ccccc45)ccc32)c2ccccc21. The molecule has 0 saturated heterocycles. The zero-order chi connectivity index (χ0) is 40.7. The van der Waals surface area contributed by atoms with Crippen molar-refractivity contribution < 1.29 is 0 Å². The summed E-state index contributed by atoms with van der Waals surface area (Å²) in [6, 6.07) is 83.4. The molecule has 0 atom stereocenters. The molecule has 2 aliphatic rings. The van der Waals surface area contributed by atoms with Gasteiger partial charge in [0.05, 0.1) is 5.41 Å². The summed E-state index contributed by atoms with van der Waals surface area (Å²) in [4.78, 5) is 2.33. The van der Waals surface area contributed by atoms with E-state index < -0.39 is 5.41 Å². The van der Waals surface area contributed by atoms with Gasteiger partial charge < -0.3 is 4.90 Å². The second-order valence-corrected chi connectivity index (χ2v) is 17.2. The van der Waals surface area contributed by atoms with Crippen molar-refractivity contribution in [2.24, 2.45) is 0 Å². The van der Waals surface area contributed by atoms with E-state index in [1.165, 1.54) is 88.3 Å². The third-order valence-electron chi connectivity index (χ3n) is 13.7. The van der Waals surface area contributed by atoms with Crippen LogP contribution >= 0.6 is 0 Å². The van der Waals surface area contributed by atoms with Gasteiger partial charge in [-0.2, -0.15) is 0 Å². The summed E-state index contributed by atoms with van der Waals surface area (Å²) >= 11 is 0. The molecule has 10 aromatic rings. The van der Waals surface area contributed by atoms with E-state index in [2.05, 4.69) is 243 Å². The van der Waals surface area contributed by atoms with Crippen LogP contribution in [-0.2, 0) is 10.8 Å². The molecule has 12 rings (SSSR count). The standard InChI is InChI=1S/C60H43N/c1-59(2)53-29-15-17-31-55(53)60(56-32-18-16-30-54(56)59)51-28-14-13-25-47(51)50-39-41(35-38-52(50)60)58-49-27-12-10-24-46(49)45-23-9-11-26-48(45)57(58)40-33-36-44(37-34-40)61(42-19-5-3-6-20-42)43-21-7-4-8-22-43/h3-39H,1-2H3. The van der Waals surface area contributed by atoms with Crippen LogP contribution in [0.3, 0.4) is 0 Å². The highest BCUT2D eigenvalue weighted by Crippen LogP contribution is 2.62. The zero-order valence-corrected chi connectivity index (χ0v) is 34.3. The molecule has 1 spiro atoms. The molecular formula is C60H43N. The van der Waals surface area contributed by atoms with Gasteiger partial charge in [-0.05, 0) is 131 Å². The van der Waals surface area contributed by atoms with Gasteiger partial charge in [0.1, 0.15) is 0 Å². The average Bonchev–Trinajstić information content (AvgIpc) is 3.62. The van der Waals surface area contributed by atoms with Gasteiger partial charge in [-0.1, -0.05) is 196 Å². The van der Waals surface area contributed by atoms with Gasteiger partial charge in [0.2, 0.25) is 0 Å². The Morgan fingerprint density at radius 1 is 0.295 bits per heavy atom. The predicted molar refractivity (Wildman–Crippen MR) is 256 cm³/mol. The molecule has 0 fully saturated rings. The van der Waals surface area contributed by atoms with E-state index in [0.717, 1.165) is 17.1 Å². The minimum atomic E-state index is -0.430. The summed E-state index contributed by atoms with van der Waals surface area (Å²) < 4.78 is 0. The molecule has 0 radical (unpaired) electrons. The number of nitrogens with zero attached hydrogens (tertiary/aromatic N) is 1. The van der Waals surface area contributed by atoms with Gasteiger partial charge in [0.15, 0.2) is 0 Å². The van der Waals surface area contributed by atoms with E-state index in [0.29, 0.717) is 0 Å². The summed E-state index contributed by atoms with van der Waals surface area (Å²) in [6.07, 6.45) is 0. The van der Waals surface area contributed by atoms with Crippen molar-refractivity contribution in [2.45, 2.75) is 24.7 Å². The summed E-state index contributed by atoms with van der Waals surface area (Å²) in [5.41, 5.74) is 18.6. The van der Waals surface area contributed by atoms with E-state index >= 15 is 0 Å². The van der Waals surface area contributed by atoms with E-state index in [4.69, 9.17) is 0 Å². The smallest absolute Gasteiger partial charge is 0.0719 e. The molecule has 0 heterocycles. The fourth-order valence-corrected chi connectivity index (χ4v) is 11.1. The first-order chi connectivity index (χ1) is 30.0. The molecule has 2 aliphatic carbocycles. The van der Waals surface area contributed by atoms with Crippen molar-refractivity contribution in [1.29, 1.82) is 0 Å². The van der Waals surface area contributed by atoms with E-state index in [1.807, 2.05) is 0 Å². The lowest BCUT2D eigenvalue weighted by molar-refractivity contribution is 0.563. The molecular weight excluding hydrogens is 735 g/mol. The van der Waals surface area contributed by atoms with Crippen LogP contribution in [0.15, 0.2) is 224 Å². The van der Waals surface area contributed by atoms with Crippen molar-refractivity contribution in [3.63, 3.8) is 0 Å². The highest BCUT2D eigenvalue weighted by molar-refractivity contribution is 6.21. The predicted octanol–water partition coefficient (Wildman–Crippen LogP) is 15.8. The number of hydrogen-bond acceptors (Lipinski definition) is 1. The maximum atomic E-state index is 2.51. The van der Waals surface area contributed by atoms with Crippen LogP contribution in [0.4, 0.5) is 17.1 Å². The number of rotatable bonds is 5. The molecule has 0 aromatic heterocycles. The fourth-order valence-electron chi connectivity index (χ4n) is 11.1. The second kappa shape index (κ2) is 13.5. The molecule has 0 amide bonds. The number of fused-ring (bicyclic) bond motifs is 12. The number of para-hydroxylation sites is 2. The monoisotopic (exact) mass is 777 g/mol. The summed E-state index contributed by atoms with van der Waals surface area (Å²) in [6.45, 7) is 4.78. The van der Waals surface area contributed by atoms with Gasteiger partial charge in [0, 0.05) is 22.5 Å². The van der Waals surface area contributed by atoms with Gasteiger partial charge >= 0.3 is 0 Å². The van der Waals surface area contributed by atoms with Crippen LogP contribution in [-0.4, -0.2) is 0 Å². The van der Waals surface area contributed by atoms with Gasteiger partial charge in [-0.25, -0.2) is 0 Å². The highest BCUT2D eigenvalue weighted by atomic mass is 15.1. The van der Waals surface area contributed by atoms with Gasteiger partial charge in [0.25, 0.3) is 0 Å². The Bertz CT molecular complexity index is 3230. The first-order valence-electron chi connectivity index (χ1n) is 21.4. The van der Waals surface area contributed by atoms with Crippen LogP contribution in [0.2, 0.25) is 0 Å². The third kappa shape index (κ3) is 5.08. The third-order valence-corrected chi connectivity index (χ3v) is 13.7. The Morgan fingerprint density at radius 2 is 0.689 bits per heavy atom. The molecule has 288 valence electrons. The first-order valence-corrected chi connectivity index (χ1v) is 21.4. The molecule has 61 heavy (non-hydrogen) atoms. The van der Waals surface area contributed by atoms with Crippen molar-refractivity contribution in [3.8, 4) is 33.4 Å². The molecule has 0 bridgehead atoms. The lowest BCUT2D eigenvalue weighted by atomic mass is 9.55.